The molecule has 1 nitrogen and oxygen atoms in total. The Balaban J connectivity index is 4.27. The van der Waals surface area contributed by atoms with Crippen LogP contribution in [0, 0.1) is 11.8 Å². The van der Waals surface area contributed by atoms with Gasteiger partial charge in [0.05, 0.1) is 0 Å². The highest BCUT2D eigenvalue weighted by molar-refractivity contribution is 5.16. The molecule has 0 spiro atoms. The molecule has 0 atom stereocenters. The average molecular weight is 167 g/mol. The second kappa shape index (κ2) is 5.02. The van der Waals surface area contributed by atoms with Crippen molar-refractivity contribution in [2.24, 2.45) is 17.6 Å². The maximum atomic E-state index is 5.78. The van der Waals surface area contributed by atoms with E-state index in [1.54, 1.807) is 0 Å². The Morgan fingerprint density at radius 3 is 1.83 bits per heavy atom. The second-order valence-electron chi connectivity index (χ2n) is 3.89. The molecule has 0 aliphatic rings. The summed E-state index contributed by atoms with van der Waals surface area (Å²) in [5.74, 6) is 1.06. The highest BCUT2D eigenvalue weighted by Gasteiger charge is 1.96. The monoisotopic (exact) mass is 167 g/mol. The number of nitrogens with two attached hydrogens (primary N) is 1. The van der Waals surface area contributed by atoms with E-state index in [-0.39, 0.29) is 0 Å². The first kappa shape index (κ1) is 11.3. The van der Waals surface area contributed by atoms with Crippen LogP contribution < -0.4 is 5.73 Å². The molecule has 0 amide bonds. The lowest BCUT2D eigenvalue weighted by Gasteiger charge is -2.05. The molecule has 1 heteroatoms. The summed E-state index contributed by atoms with van der Waals surface area (Å²) in [6, 6.07) is 0. The van der Waals surface area contributed by atoms with Crippen LogP contribution in [0.15, 0.2) is 23.4 Å². The minimum Gasteiger partial charge on any atom is -0.402 e. The first-order valence-corrected chi connectivity index (χ1v) is 4.59. The maximum Gasteiger partial charge on any atom is 0.0106 e. The van der Waals surface area contributed by atoms with Crippen LogP contribution in [-0.4, -0.2) is 0 Å². The molecule has 0 fully saturated rings. The Hall–Kier alpha value is -0.720. The van der Waals surface area contributed by atoms with Crippen molar-refractivity contribution in [2.75, 3.05) is 0 Å². The van der Waals surface area contributed by atoms with Crippen molar-refractivity contribution in [3.63, 3.8) is 0 Å². The molecular weight excluding hydrogens is 146 g/mol. The van der Waals surface area contributed by atoms with Crippen LogP contribution in [-0.2, 0) is 0 Å². The summed E-state index contributed by atoms with van der Waals surface area (Å²) >= 11 is 0. The molecule has 0 aromatic rings. The molecule has 0 aromatic carbocycles. The third-order valence-corrected chi connectivity index (χ3v) is 2.12. The van der Waals surface area contributed by atoms with Crippen molar-refractivity contribution in [2.45, 2.75) is 34.6 Å². The number of hydrogen-bond donors (Lipinski definition) is 1. The summed E-state index contributed by atoms with van der Waals surface area (Å²) in [7, 11) is 0. The van der Waals surface area contributed by atoms with Gasteiger partial charge in [0.2, 0.25) is 0 Å². The fourth-order valence-corrected chi connectivity index (χ4v) is 0.613. The first-order valence-electron chi connectivity index (χ1n) is 4.59. The van der Waals surface area contributed by atoms with E-state index >= 15 is 0 Å². The number of rotatable bonds is 3. The van der Waals surface area contributed by atoms with Crippen molar-refractivity contribution >= 4 is 0 Å². The molecular formula is C11H21N. The van der Waals surface area contributed by atoms with Crippen molar-refractivity contribution in [1.82, 2.24) is 0 Å². The molecule has 0 aliphatic carbocycles. The summed E-state index contributed by atoms with van der Waals surface area (Å²) in [5.41, 5.74) is 8.11. The fraction of sp³-hybridized carbons (Fsp3) is 0.636. The second-order valence-corrected chi connectivity index (χ2v) is 3.89. The third kappa shape index (κ3) is 4.22. The standard InChI is InChI=1S/C11H21N/c1-8(2)10(5)6-7-11(12)9(3)4/h6-9H,12H2,1-5H3/b10-6+,11-7-. The minimum atomic E-state index is 0.446. The summed E-state index contributed by atoms with van der Waals surface area (Å²) in [6.07, 6.45) is 4.12. The summed E-state index contributed by atoms with van der Waals surface area (Å²) in [4.78, 5) is 0. The Kier molecular flexibility index (Phi) is 4.72. The zero-order valence-electron chi connectivity index (χ0n) is 8.89. The van der Waals surface area contributed by atoms with Crippen LogP contribution in [0.25, 0.3) is 0 Å². The van der Waals surface area contributed by atoms with E-state index in [9.17, 15) is 0 Å². The van der Waals surface area contributed by atoms with Crippen LogP contribution in [0.4, 0.5) is 0 Å². The maximum absolute atomic E-state index is 5.78. The molecule has 0 aromatic heterocycles. The summed E-state index contributed by atoms with van der Waals surface area (Å²) in [6.45, 7) is 10.7. The topological polar surface area (TPSA) is 26.0 Å². The van der Waals surface area contributed by atoms with Gasteiger partial charge in [0.15, 0.2) is 0 Å². The van der Waals surface area contributed by atoms with Gasteiger partial charge in [0, 0.05) is 5.70 Å². The van der Waals surface area contributed by atoms with Gasteiger partial charge in [-0.2, -0.15) is 0 Å². The van der Waals surface area contributed by atoms with Crippen LogP contribution in [0.2, 0.25) is 0 Å². The fourth-order valence-electron chi connectivity index (χ4n) is 0.613. The lowest BCUT2D eigenvalue weighted by Crippen LogP contribution is -2.04. The molecule has 0 bridgehead atoms. The Labute approximate surface area is 76.3 Å². The van der Waals surface area contributed by atoms with Crippen molar-refractivity contribution in [3.8, 4) is 0 Å². The molecule has 70 valence electrons. The van der Waals surface area contributed by atoms with Gasteiger partial charge in [-0.05, 0) is 24.8 Å². The highest BCUT2D eigenvalue weighted by Crippen LogP contribution is 2.09. The van der Waals surface area contributed by atoms with Crippen molar-refractivity contribution in [1.29, 1.82) is 0 Å². The lowest BCUT2D eigenvalue weighted by atomic mass is 10.0. The third-order valence-electron chi connectivity index (χ3n) is 2.12. The van der Waals surface area contributed by atoms with Gasteiger partial charge >= 0.3 is 0 Å². The van der Waals surface area contributed by atoms with E-state index in [0.29, 0.717) is 11.8 Å². The van der Waals surface area contributed by atoms with Crippen molar-refractivity contribution in [3.05, 3.63) is 23.4 Å². The molecule has 12 heavy (non-hydrogen) atoms. The smallest absolute Gasteiger partial charge is 0.0106 e. The molecule has 0 heterocycles. The summed E-state index contributed by atoms with van der Waals surface area (Å²) in [5, 5.41) is 0. The predicted octanol–water partition coefficient (Wildman–Crippen LogP) is 3.09. The average Bonchev–Trinajstić information content (AvgIpc) is 1.98. The van der Waals surface area contributed by atoms with Gasteiger partial charge in [-0.15, -0.1) is 0 Å². The van der Waals surface area contributed by atoms with Gasteiger partial charge in [-0.3, -0.25) is 0 Å². The zero-order chi connectivity index (χ0) is 9.72. The van der Waals surface area contributed by atoms with E-state index in [1.807, 2.05) is 6.08 Å². The van der Waals surface area contributed by atoms with Crippen LogP contribution in [0.3, 0.4) is 0 Å². The largest absolute Gasteiger partial charge is 0.402 e. The van der Waals surface area contributed by atoms with Gasteiger partial charge in [-0.25, -0.2) is 0 Å². The van der Waals surface area contributed by atoms with Crippen molar-refractivity contribution < 1.29 is 0 Å². The molecule has 2 N–H and O–H groups in total. The SMILES string of the molecule is C/C(=C\C=C(/N)C(C)C)C(C)C. The van der Waals surface area contributed by atoms with Gasteiger partial charge in [0.1, 0.15) is 0 Å². The predicted molar refractivity (Wildman–Crippen MR) is 55.7 cm³/mol. The quantitative estimate of drug-likeness (QED) is 0.642. The molecule has 0 saturated carbocycles. The lowest BCUT2D eigenvalue weighted by molar-refractivity contribution is 0.752. The van der Waals surface area contributed by atoms with E-state index in [4.69, 9.17) is 5.73 Å². The zero-order valence-corrected chi connectivity index (χ0v) is 8.89. The number of allylic oxidation sites excluding steroid dienone is 4. The molecule has 0 saturated heterocycles. The highest BCUT2D eigenvalue weighted by atomic mass is 14.6. The Morgan fingerprint density at radius 1 is 1.00 bits per heavy atom. The minimum absolute atomic E-state index is 0.446. The Bertz CT molecular complexity index is 163. The number of hydrogen-bond acceptors (Lipinski definition) is 1. The molecule has 0 rings (SSSR count). The molecule has 0 unspecified atom stereocenters. The molecule has 0 radical (unpaired) electrons. The van der Waals surface area contributed by atoms with E-state index in [0.717, 1.165) is 5.70 Å². The van der Waals surface area contributed by atoms with E-state index in [1.165, 1.54) is 5.57 Å². The van der Waals surface area contributed by atoms with Gasteiger partial charge in [0.25, 0.3) is 0 Å². The van der Waals surface area contributed by atoms with Gasteiger partial charge in [-0.1, -0.05) is 39.3 Å². The Morgan fingerprint density at radius 2 is 1.50 bits per heavy atom. The normalized spacial score (nSPS) is 14.6. The van der Waals surface area contributed by atoms with E-state index < -0.39 is 0 Å². The van der Waals surface area contributed by atoms with Crippen LogP contribution in [0.1, 0.15) is 34.6 Å². The van der Waals surface area contributed by atoms with Gasteiger partial charge < -0.3 is 5.73 Å². The first-order chi connectivity index (χ1) is 5.45. The van der Waals surface area contributed by atoms with E-state index in [2.05, 4.69) is 40.7 Å². The summed E-state index contributed by atoms with van der Waals surface area (Å²) < 4.78 is 0. The van der Waals surface area contributed by atoms with Crippen LogP contribution in [0.5, 0.6) is 0 Å². The molecule has 0 aliphatic heterocycles. The van der Waals surface area contributed by atoms with Crippen LogP contribution >= 0.6 is 0 Å².